The van der Waals surface area contributed by atoms with Crippen LogP contribution in [-0.2, 0) is 36.6 Å². The molecule has 21 nitrogen and oxygen atoms in total. The van der Waals surface area contributed by atoms with Crippen molar-refractivity contribution in [2.24, 2.45) is 11.7 Å². The van der Waals surface area contributed by atoms with Gasteiger partial charge in [-0.3, -0.25) is 9.59 Å². The molecule has 0 aliphatic carbocycles. The predicted molar refractivity (Wildman–Crippen MR) is 232 cm³/mol. The van der Waals surface area contributed by atoms with Crippen LogP contribution in [0.3, 0.4) is 0 Å². The molecule has 0 aromatic carbocycles. The maximum atomic E-state index is 14.1. The molecule has 62 heavy (non-hydrogen) atoms. The van der Waals surface area contributed by atoms with Crippen molar-refractivity contribution in [1.82, 2.24) is 54.7 Å². The minimum Gasteiger partial charge on any atom is -0.396 e. The SMILES string of the molecule is C#CCOCCOCCOCCNc1nc(N2CCN(C(=O)C(CCCCN)n3cc(CCCC)nn3)CC2)nc(N2CCN(C(=O)C(C(C)C)n3cc(CCO)nn3)CC2)n1. The van der Waals surface area contributed by atoms with Crippen LogP contribution < -0.4 is 20.9 Å². The molecule has 3 aromatic rings. The molecule has 5 rings (SSSR count). The van der Waals surface area contributed by atoms with Crippen LogP contribution in [0.4, 0.5) is 17.8 Å². The second-order valence-corrected chi connectivity index (χ2v) is 15.7. The number of carbonyl (C=O) groups excluding carboxylic acids is 2. The molecule has 2 amide bonds. The number of aromatic nitrogens is 9. The molecule has 21 heteroatoms. The van der Waals surface area contributed by atoms with Crippen LogP contribution in [0.15, 0.2) is 12.4 Å². The number of aliphatic hydroxyl groups excluding tert-OH is 1. The minimum atomic E-state index is -0.519. The zero-order chi connectivity index (χ0) is 44.1. The molecule has 2 aliphatic rings. The van der Waals surface area contributed by atoms with E-state index in [4.69, 9.17) is 41.3 Å². The highest BCUT2D eigenvalue weighted by Gasteiger charge is 2.34. The lowest BCUT2D eigenvalue weighted by Crippen LogP contribution is -2.52. The van der Waals surface area contributed by atoms with E-state index in [-0.39, 0.29) is 30.9 Å². The average Bonchev–Trinajstić information content (AvgIpc) is 3.96. The number of anilines is 3. The number of aliphatic hydroxyl groups is 1. The van der Waals surface area contributed by atoms with E-state index in [0.717, 1.165) is 37.8 Å². The molecule has 0 radical (unpaired) electrons. The highest BCUT2D eigenvalue weighted by molar-refractivity contribution is 5.81. The van der Waals surface area contributed by atoms with Crippen molar-refractivity contribution in [2.75, 3.05) is 127 Å². The van der Waals surface area contributed by atoms with Gasteiger partial charge in [-0.2, -0.15) is 15.0 Å². The van der Waals surface area contributed by atoms with Gasteiger partial charge in [0.2, 0.25) is 29.7 Å². The zero-order valence-electron chi connectivity index (χ0n) is 36.8. The number of piperazine rings is 2. The fourth-order valence-corrected chi connectivity index (χ4v) is 7.34. The van der Waals surface area contributed by atoms with E-state index in [9.17, 15) is 14.7 Å². The number of aryl methyl sites for hydroxylation is 1. The Kier molecular flexibility index (Phi) is 20.0. The van der Waals surface area contributed by atoms with Gasteiger partial charge in [-0.1, -0.05) is 43.5 Å². The summed E-state index contributed by atoms with van der Waals surface area (Å²) in [5, 5.41) is 29.8. The summed E-state index contributed by atoms with van der Waals surface area (Å²) in [4.78, 5) is 50.5. The molecular formula is C41H67N15O6. The highest BCUT2D eigenvalue weighted by atomic mass is 16.5. The Hall–Kier alpha value is -5.01. The summed E-state index contributed by atoms with van der Waals surface area (Å²) in [6.07, 6.45) is 14.4. The third-order valence-corrected chi connectivity index (χ3v) is 10.8. The molecule has 0 bridgehead atoms. The number of hydrogen-bond acceptors (Lipinski definition) is 17. The Morgan fingerprint density at radius 2 is 1.37 bits per heavy atom. The number of amides is 2. The standard InChI is InChI=1S/C41H67N15O6/c1-5-7-10-33-30-55(49-47-33)35(11-8-9-13-42)37(58)51-15-19-53(20-16-51)40-44-39(43-14-25-61-27-29-62-28-26-60-24-6-2)45-41(46-40)54-21-17-52(18-22-54)38(59)36(32(3)4)56-31-34(12-23-57)48-50-56/h2,30-32,35-36,57H,5,7-29,42H2,1,3-4H3,(H,43,44,45,46). The van der Waals surface area contributed by atoms with Gasteiger partial charge in [0, 0.05) is 84.3 Å². The third-order valence-electron chi connectivity index (χ3n) is 10.8. The van der Waals surface area contributed by atoms with Crippen LogP contribution in [-0.4, -0.2) is 183 Å². The Morgan fingerprint density at radius 1 is 0.790 bits per heavy atom. The number of rotatable bonds is 27. The molecule has 3 aromatic heterocycles. The van der Waals surface area contributed by atoms with E-state index < -0.39 is 12.1 Å². The van der Waals surface area contributed by atoms with E-state index in [1.165, 1.54) is 0 Å². The number of nitrogens with two attached hydrogens (primary N) is 1. The summed E-state index contributed by atoms with van der Waals surface area (Å²) in [6.45, 7) is 13.5. The fraction of sp³-hybridized carbons (Fsp3) is 0.732. The van der Waals surface area contributed by atoms with Crippen molar-refractivity contribution in [1.29, 1.82) is 0 Å². The number of ether oxygens (including phenoxy) is 3. The number of unbranched alkanes of at least 4 members (excludes halogenated alkanes) is 2. The Balaban J connectivity index is 1.23. The normalized spacial score (nSPS) is 15.6. The first-order valence-electron chi connectivity index (χ1n) is 22.1. The minimum absolute atomic E-state index is 0.0245. The van der Waals surface area contributed by atoms with Gasteiger partial charge >= 0.3 is 0 Å². The zero-order valence-corrected chi connectivity index (χ0v) is 36.8. The van der Waals surface area contributed by atoms with Gasteiger partial charge in [-0.05, 0) is 44.6 Å². The molecule has 4 N–H and O–H groups in total. The van der Waals surface area contributed by atoms with Crippen molar-refractivity contribution in [2.45, 2.75) is 77.8 Å². The second kappa shape index (κ2) is 25.8. The summed E-state index contributed by atoms with van der Waals surface area (Å²) in [5.41, 5.74) is 7.35. The third kappa shape index (κ3) is 14.3. The summed E-state index contributed by atoms with van der Waals surface area (Å²) >= 11 is 0. The Bertz CT molecular complexity index is 1820. The van der Waals surface area contributed by atoms with E-state index in [1.807, 2.05) is 29.8 Å². The first kappa shape index (κ1) is 48.0. The molecular weight excluding hydrogens is 799 g/mol. The number of terminal acetylenes is 1. The van der Waals surface area contributed by atoms with Crippen molar-refractivity contribution < 1.29 is 28.9 Å². The van der Waals surface area contributed by atoms with Crippen molar-refractivity contribution >= 4 is 29.7 Å². The molecule has 2 atom stereocenters. The maximum absolute atomic E-state index is 14.1. The second-order valence-electron chi connectivity index (χ2n) is 15.7. The number of nitrogens with one attached hydrogen (secondary N) is 1. The Morgan fingerprint density at radius 3 is 1.97 bits per heavy atom. The smallest absolute Gasteiger partial charge is 0.247 e. The van der Waals surface area contributed by atoms with Gasteiger partial charge in [-0.15, -0.1) is 16.6 Å². The molecule has 342 valence electrons. The fourth-order valence-electron chi connectivity index (χ4n) is 7.34. The lowest BCUT2D eigenvalue weighted by molar-refractivity contribution is -0.137. The van der Waals surface area contributed by atoms with Crippen LogP contribution in [0.5, 0.6) is 0 Å². The van der Waals surface area contributed by atoms with Crippen LogP contribution >= 0.6 is 0 Å². The van der Waals surface area contributed by atoms with E-state index in [2.05, 4.69) is 48.6 Å². The molecule has 0 saturated carbocycles. The lowest BCUT2D eigenvalue weighted by Gasteiger charge is -2.38. The van der Waals surface area contributed by atoms with Crippen LogP contribution in [0, 0.1) is 18.3 Å². The quantitative estimate of drug-likeness (QED) is 0.0703. The molecule has 2 aliphatic heterocycles. The van der Waals surface area contributed by atoms with Crippen molar-refractivity contribution in [3.8, 4) is 12.3 Å². The van der Waals surface area contributed by atoms with E-state index in [1.54, 1.807) is 15.6 Å². The lowest BCUT2D eigenvalue weighted by atomic mass is 10.0. The van der Waals surface area contributed by atoms with Crippen molar-refractivity contribution in [3.63, 3.8) is 0 Å². The number of hydrogen-bond donors (Lipinski definition) is 3. The maximum Gasteiger partial charge on any atom is 0.247 e. The largest absolute Gasteiger partial charge is 0.396 e. The first-order valence-corrected chi connectivity index (χ1v) is 22.1. The molecule has 0 spiro atoms. The van der Waals surface area contributed by atoms with Crippen LogP contribution in [0.25, 0.3) is 0 Å². The molecule has 2 unspecified atom stereocenters. The average molecular weight is 866 g/mol. The van der Waals surface area contributed by atoms with E-state index >= 15 is 0 Å². The highest BCUT2D eigenvalue weighted by Crippen LogP contribution is 2.25. The topological polar surface area (TPSA) is 233 Å². The van der Waals surface area contributed by atoms with Crippen LogP contribution in [0.2, 0.25) is 0 Å². The molecule has 5 heterocycles. The predicted octanol–water partition coefficient (Wildman–Crippen LogP) is 0.592. The summed E-state index contributed by atoms with van der Waals surface area (Å²) in [7, 11) is 0. The van der Waals surface area contributed by atoms with Gasteiger partial charge in [0.05, 0.1) is 44.4 Å². The number of carbonyl (C=O) groups is 2. The van der Waals surface area contributed by atoms with Gasteiger partial charge in [0.15, 0.2) is 0 Å². The summed E-state index contributed by atoms with van der Waals surface area (Å²) < 4.78 is 19.9. The van der Waals surface area contributed by atoms with Gasteiger partial charge in [0.1, 0.15) is 18.7 Å². The molecule has 2 saturated heterocycles. The van der Waals surface area contributed by atoms with Gasteiger partial charge < -0.3 is 50.0 Å². The number of nitrogens with zero attached hydrogens (tertiary/aromatic N) is 13. The van der Waals surface area contributed by atoms with Gasteiger partial charge in [-0.25, -0.2) is 9.36 Å². The first-order chi connectivity index (χ1) is 30.3. The Labute approximate surface area is 365 Å². The summed E-state index contributed by atoms with van der Waals surface area (Å²) in [5.74, 6) is 3.80. The van der Waals surface area contributed by atoms with Crippen molar-refractivity contribution in [3.05, 3.63) is 23.8 Å². The van der Waals surface area contributed by atoms with Gasteiger partial charge in [0.25, 0.3) is 0 Å². The van der Waals surface area contributed by atoms with E-state index in [0.29, 0.717) is 135 Å². The monoisotopic (exact) mass is 866 g/mol. The molecule has 2 fully saturated rings. The summed E-state index contributed by atoms with van der Waals surface area (Å²) in [6, 6.07) is -0.965. The van der Waals surface area contributed by atoms with Crippen LogP contribution in [0.1, 0.15) is 76.3 Å².